The van der Waals surface area contributed by atoms with Crippen molar-refractivity contribution in [1.82, 2.24) is 4.98 Å². The maximum absolute atomic E-state index is 10.7. The fourth-order valence-corrected chi connectivity index (χ4v) is 2.06. The molecule has 0 bridgehead atoms. The summed E-state index contributed by atoms with van der Waals surface area (Å²) in [6.45, 7) is 0. The van der Waals surface area contributed by atoms with Gasteiger partial charge < -0.3 is 5.11 Å². The lowest BCUT2D eigenvalue weighted by Gasteiger charge is -1.93. The summed E-state index contributed by atoms with van der Waals surface area (Å²) in [5.74, 6) is -1.08. The van der Waals surface area contributed by atoms with E-state index in [1.165, 1.54) is 28.8 Å². The van der Waals surface area contributed by atoms with Crippen LogP contribution in [0.25, 0.3) is 12.2 Å². The fraction of sp³-hybridized carbons (Fsp3) is 0. The van der Waals surface area contributed by atoms with Crippen molar-refractivity contribution < 1.29 is 14.8 Å². The predicted octanol–water partition coefficient (Wildman–Crippen LogP) is 2.92. The van der Waals surface area contributed by atoms with Gasteiger partial charge >= 0.3 is 5.97 Å². The number of aromatic carboxylic acids is 1. The summed E-state index contributed by atoms with van der Waals surface area (Å²) in [5, 5.41) is 21.3. The summed E-state index contributed by atoms with van der Waals surface area (Å²) in [6.07, 6.45) is 3.27. The summed E-state index contributed by atoms with van der Waals surface area (Å²) < 4.78 is 0. The summed E-state index contributed by atoms with van der Waals surface area (Å²) in [5.41, 5.74) is 0.650. The van der Waals surface area contributed by atoms with Gasteiger partial charge in [0.05, 0.1) is 4.92 Å². The molecule has 2 rings (SSSR count). The minimum absolute atomic E-state index is 0.00696. The van der Waals surface area contributed by atoms with E-state index < -0.39 is 10.9 Å². The number of nitro benzene ring substituents is 1. The number of nitro groups is 1. The zero-order chi connectivity index (χ0) is 13.8. The van der Waals surface area contributed by atoms with Gasteiger partial charge in [-0.1, -0.05) is 18.2 Å². The van der Waals surface area contributed by atoms with Crippen molar-refractivity contribution in [2.45, 2.75) is 0 Å². The van der Waals surface area contributed by atoms with Crippen LogP contribution < -0.4 is 0 Å². The van der Waals surface area contributed by atoms with E-state index in [9.17, 15) is 14.9 Å². The van der Waals surface area contributed by atoms with Gasteiger partial charge in [-0.2, -0.15) is 0 Å². The van der Waals surface area contributed by atoms with Gasteiger partial charge in [-0.05, 0) is 11.6 Å². The Morgan fingerprint density at radius 2 is 2.21 bits per heavy atom. The van der Waals surface area contributed by atoms with Gasteiger partial charge in [0.1, 0.15) is 5.01 Å². The van der Waals surface area contributed by atoms with Crippen molar-refractivity contribution in [3.63, 3.8) is 0 Å². The molecule has 1 heterocycles. The minimum atomic E-state index is -1.08. The maximum Gasteiger partial charge on any atom is 0.355 e. The van der Waals surface area contributed by atoms with Crippen molar-refractivity contribution in [3.8, 4) is 0 Å². The van der Waals surface area contributed by atoms with Crippen molar-refractivity contribution in [2.24, 2.45) is 0 Å². The number of hydrogen-bond acceptors (Lipinski definition) is 5. The predicted molar refractivity (Wildman–Crippen MR) is 71.1 cm³/mol. The maximum atomic E-state index is 10.7. The van der Waals surface area contributed by atoms with Crippen LogP contribution in [-0.4, -0.2) is 21.0 Å². The second kappa shape index (κ2) is 5.40. The third-order valence-corrected chi connectivity index (χ3v) is 3.05. The van der Waals surface area contributed by atoms with Crippen LogP contribution in [-0.2, 0) is 0 Å². The van der Waals surface area contributed by atoms with Crippen LogP contribution in [0.5, 0.6) is 0 Å². The Morgan fingerprint density at radius 1 is 1.42 bits per heavy atom. The number of carbonyl (C=O) groups is 1. The molecule has 6 nitrogen and oxygen atoms in total. The third-order valence-electron chi connectivity index (χ3n) is 2.24. The second-order valence-electron chi connectivity index (χ2n) is 3.56. The first-order valence-corrected chi connectivity index (χ1v) is 6.05. The molecule has 7 heteroatoms. The monoisotopic (exact) mass is 276 g/mol. The molecule has 0 spiro atoms. The van der Waals surface area contributed by atoms with Crippen molar-refractivity contribution in [3.05, 3.63) is 56.0 Å². The highest BCUT2D eigenvalue weighted by Gasteiger charge is 2.07. The van der Waals surface area contributed by atoms with E-state index in [-0.39, 0.29) is 11.4 Å². The topological polar surface area (TPSA) is 93.3 Å². The molecule has 0 saturated carbocycles. The largest absolute Gasteiger partial charge is 0.476 e. The van der Waals surface area contributed by atoms with E-state index >= 15 is 0 Å². The Hall–Kier alpha value is -2.54. The Labute approximate surface area is 111 Å². The molecule has 1 aromatic heterocycles. The summed E-state index contributed by atoms with van der Waals surface area (Å²) in [4.78, 5) is 24.7. The van der Waals surface area contributed by atoms with Gasteiger partial charge in [0, 0.05) is 17.5 Å². The van der Waals surface area contributed by atoms with Crippen molar-refractivity contribution in [1.29, 1.82) is 0 Å². The van der Waals surface area contributed by atoms with E-state index in [0.29, 0.717) is 10.6 Å². The van der Waals surface area contributed by atoms with Crippen LogP contribution in [0.15, 0.2) is 29.6 Å². The standard InChI is InChI=1S/C12H8N2O4S/c15-12(16)10-7-19-11(13-10)5-4-8-2-1-3-9(6-8)14(17)18/h1-7H,(H,15,16)/b5-4+. The first-order valence-electron chi connectivity index (χ1n) is 5.17. The normalized spacial score (nSPS) is 10.7. The van der Waals surface area contributed by atoms with E-state index in [2.05, 4.69) is 4.98 Å². The molecular formula is C12H8N2O4S. The zero-order valence-corrected chi connectivity index (χ0v) is 10.3. The fourth-order valence-electron chi connectivity index (χ4n) is 1.37. The molecule has 19 heavy (non-hydrogen) atoms. The quantitative estimate of drug-likeness (QED) is 0.684. The molecule has 0 unspecified atom stereocenters. The van der Waals surface area contributed by atoms with Crippen molar-refractivity contribution >= 4 is 35.1 Å². The van der Waals surface area contributed by atoms with Crippen LogP contribution in [0.3, 0.4) is 0 Å². The highest BCUT2D eigenvalue weighted by atomic mass is 32.1. The minimum Gasteiger partial charge on any atom is -0.476 e. The van der Waals surface area contributed by atoms with Crippen LogP contribution in [0.1, 0.15) is 21.1 Å². The number of rotatable bonds is 4. The third kappa shape index (κ3) is 3.23. The number of aromatic nitrogens is 1. The molecule has 0 aliphatic carbocycles. The molecule has 0 fully saturated rings. The Balaban J connectivity index is 2.19. The number of thiazole rings is 1. The molecule has 0 aliphatic rings. The van der Waals surface area contributed by atoms with Gasteiger partial charge in [0.2, 0.25) is 0 Å². The molecule has 2 aromatic rings. The van der Waals surface area contributed by atoms with Gasteiger partial charge in [-0.15, -0.1) is 11.3 Å². The Kier molecular flexibility index (Phi) is 3.67. The summed E-state index contributed by atoms with van der Waals surface area (Å²) in [6, 6.07) is 6.14. The molecule has 0 amide bonds. The first kappa shape index (κ1) is 12.9. The Morgan fingerprint density at radius 3 is 2.84 bits per heavy atom. The molecular weight excluding hydrogens is 268 g/mol. The molecule has 0 aliphatic heterocycles. The van der Waals surface area contributed by atoms with E-state index in [1.807, 2.05) is 0 Å². The SMILES string of the molecule is O=C(O)c1csc(/C=C/c2cccc([N+](=O)[O-])c2)n1. The van der Waals surface area contributed by atoms with Crippen molar-refractivity contribution in [2.75, 3.05) is 0 Å². The second-order valence-corrected chi connectivity index (χ2v) is 4.45. The van der Waals surface area contributed by atoms with Crippen LogP contribution in [0.4, 0.5) is 5.69 Å². The number of non-ortho nitro benzene ring substituents is 1. The average Bonchev–Trinajstić information content (AvgIpc) is 2.85. The van der Waals surface area contributed by atoms with Gasteiger partial charge in [0.15, 0.2) is 5.69 Å². The Bertz CT molecular complexity index is 663. The molecule has 1 N–H and O–H groups in total. The number of benzene rings is 1. The first-order chi connectivity index (χ1) is 9.06. The van der Waals surface area contributed by atoms with Crippen LogP contribution in [0.2, 0.25) is 0 Å². The van der Waals surface area contributed by atoms with E-state index in [1.54, 1.807) is 24.3 Å². The number of nitrogens with zero attached hydrogens (tertiary/aromatic N) is 2. The molecule has 1 aromatic carbocycles. The number of hydrogen-bond donors (Lipinski definition) is 1. The average molecular weight is 276 g/mol. The molecule has 0 atom stereocenters. The van der Waals surface area contributed by atoms with Gasteiger partial charge in [-0.25, -0.2) is 9.78 Å². The lowest BCUT2D eigenvalue weighted by atomic mass is 10.2. The zero-order valence-electron chi connectivity index (χ0n) is 9.52. The van der Waals surface area contributed by atoms with E-state index in [0.717, 1.165) is 0 Å². The summed E-state index contributed by atoms with van der Waals surface area (Å²) >= 11 is 1.19. The molecule has 0 saturated heterocycles. The lowest BCUT2D eigenvalue weighted by Crippen LogP contribution is -1.95. The highest BCUT2D eigenvalue weighted by Crippen LogP contribution is 2.17. The van der Waals surface area contributed by atoms with Gasteiger partial charge in [-0.3, -0.25) is 10.1 Å². The number of carboxylic acid groups (broad SMARTS) is 1. The van der Waals surface area contributed by atoms with Crippen LogP contribution >= 0.6 is 11.3 Å². The summed E-state index contributed by atoms with van der Waals surface area (Å²) in [7, 11) is 0. The number of carboxylic acids is 1. The smallest absolute Gasteiger partial charge is 0.355 e. The molecule has 0 radical (unpaired) electrons. The highest BCUT2D eigenvalue weighted by molar-refractivity contribution is 7.10. The van der Waals surface area contributed by atoms with Gasteiger partial charge in [0.25, 0.3) is 5.69 Å². The van der Waals surface area contributed by atoms with E-state index in [4.69, 9.17) is 5.11 Å². The lowest BCUT2D eigenvalue weighted by molar-refractivity contribution is -0.384. The van der Waals surface area contributed by atoms with Crippen LogP contribution in [0, 0.1) is 10.1 Å². The molecule has 96 valence electrons.